The first-order chi connectivity index (χ1) is 6.77. The standard InChI is InChI=1S/C12H10OS.CH4/c1-9(13)12-7-11(8-14-12)10-5-3-2-4-6-10;/h2-8H,1H3;1H4. The number of carbonyl (C=O) groups excluding carboxylic acids is 1. The second kappa shape index (κ2) is 4.89. The zero-order valence-electron chi connectivity index (χ0n) is 7.86. The maximum Gasteiger partial charge on any atom is 0.169 e. The normalized spacial score (nSPS) is 9.40. The summed E-state index contributed by atoms with van der Waals surface area (Å²) < 4.78 is 0. The second-order valence-electron chi connectivity index (χ2n) is 3.12. The number of hydrogen-bond donors (Lipinski definition) is 0. The summed E-state index contributed by atoms with van der Waals surface area (Å²) in [6.07, 6.45) is 0. The van der Waals surface area contributed by atoms with Crippen molar-refractivity contribution in [2.24, 2.45) is 0 Å². The lowest BCUT2D eigenvalue weighted by Crippen LogP contribution is -1.84. The third-order valence-corrected chi connectivity index (χ3v) is 3.08. The summed E-state index contributed by atoms with van der Waals surface area (Å²) in [4.78, 5) is 11.9. The van der Waals surface area contributed by atoms with Crippen molar-refractivity contribution in [3.8, 4) is 11.1 Å². The van der Waals surface area contributed by atoms with Crippen LogP contribution in [0.25, 0.3) is 11.1 Å². The largest absolute Gasteiger partial charge is 0.294 e. The Hall–Kier alpha value is -1.41. The SMILES string of the molecule is C.CC(=O)c1cc(-c2ccccc2)cs1. The maximum atomic E-state index is 11.1. The van der Waals surface area contributed by atoms with Gasteiger partial charge in [0, 0.05) is 0 Å². The van der Waals surface area contributed by atoms with E-state index in [4.69, 9.17) is 0 Å². The fourth-order valence-electron chi connectivity index (χ4n) is 1.30. The summed E-state index contributed by atoms with van der Waals surface area (Å²) in [5, 5.41) is 2.02. The van der Waals surface area contributed by atoms with Crippen molar-refractivity contribution in [2.75, 3.05) is 0 Å². The van der Waals surface area contributed by atoms with Gasteiger partial charge in [-0.15, -0.1) is 11.3 Å². The molecule has 1 nitrogen and oxygen atoms in total. The van der Waals surface area contributed by atoms with Crippen LogP contribution in [-0.2, 0) is 0 Å². The lowest BCUT2D eigenvalue weighted by molar-refractivity contribution is 0.102. The van der Waals surface area contributed by atoms with Gasteiger partial charge in [-0.1, -0.05) is 37.8 Å². The van der Waals surface area contributed by atoms with Crippen molar-refractivity contribution in [3.63, 3.8) is 0 Å². The van der Waals surface area contributed by atoms with Crippen LogP contribution in [0, 0.1) is 0 Å². The van der Waals surface area contributed by atoms with Crippen LogP contribution < -0.4 is 0 Å². The van der Waals surface area contributed by atoms with Gasteiger partial charge in [-0.05, 0) is 29.5 Å². The van der Waals surface area contributed by atoms with Crippen LogP contribution in [0.3, 0.4) is 0 Å². The quantitative estimate of drug-likeness (QED) is 0.688. The minimum absolute atomic E-state index is 0. The Morgan fingerprint density at radius 3 is 2.33 bits per heavy atom. The van der Waals surface area contributed by atoms with Crippen molar-refractivity contribution in [2.45, 2.75) is 14.4 Å². The molecular weight excluding hydrogens is 204 g/mol. The third-order valence-electron chi connectivity index (χ3n) is 2.05. The molecule has 1 heterocycles. The minimum Gasteiger partial charge on any atom is -0.294 e. The summed E-state index contributed by atoms with van der Waals surface area (Å²) in [6.45, 7) is 1.60. The molecular formula is C13H14OS. The van der Waals surface area contributed by atoms with Gasteiger partial charge in [-0.2, -0.15) is 0 Å². The van der Waals surface area contributed by atoms with Crippen LogP contribution in [0.1, 0.15) is 24.0 Å². The first-order valence-electron chi connectivity index (χ1n) is 4.42. The number of hydrogen-bond acceptors (Lipinski definition) is 2. The molecule has 0 fully saturated rings. The molecule has 0 saturated heterocycles. The molecule has 0 aliphatic carbocycles. The molecule has 0 atom stereocenters. The molecule has 78 valence electrons. The van der Waals surface area contributed by atoms with Crippen molar-refractivity contribution >= 4 is 17.1 Å². The Balaban J connectivity index is 0.00000112. The number of Topliss-reactive ketones (excluding diaryl/α,β-unsaturated/α-hetero) is 1. The van der Waals surface area contributed by atoms with E-state index in [0.29, 0.717) is 0 Å². The van der Waals surface area contributed by atoms with E-state index in [0.717, 1.165) is 16.0 Å². The van der Waals surface area contributed by atoms with Gasteiger partial charge in [0.25, 0.3) is 0 Å². The van der Waals surface area contributed by atoms with Gasteiger partial charge in [0.2, 0.25) is 0 Å². The highest BCUT2D eigenvalue weighted by atomic mass is 32.1. The highest BCUT2D eigenvalue weighted by molar-refractivity contribution is 7.12. The molecule has 2 heteroatoms. The molecule has 0 amide bonds. The van der Waals surface area contributed by atoms with E-state index in [9.17, 15) is 4.79 Å². The number of benzene rings is 1. The molecule has 0 radical (unpaired) electrons. The predicted octanol–water partition coefficient (Wildman–Crippen LogP) is 4.25. The Kier molecular flexibility index (Phi) is 3.81. The smallest absolute Gasteiger partial charge is 0.169 e. The summed E-state index contributed by atoms with van der Waals surface area (Å²) in [7, 11) is 0. The van der Waals surface area contributed by atoms with Crippen LogP contribution in [0.4, 0.5) is 0 Å². The molecule has 0 spiro atoms. The number of ketones is 1. The number of thiophene rings is 1. The number of carbonyl (C=O) groups is 1. The van der Waals surface area contributed by atoms with E-state index in [1.54, 1.807) is 6.92 Å². The van der Waals surface area contributed by atoms with E-state index in [2.05, 4.69) is 0 Å². The van der Waals surface area contributed by atoms with Crippen LogP contribution in [0.15, 0.2) is 41.8 Å². The summed E-state index contributed by atoms with van der Waals surface area (Å²) >= 11 is 1.50. The molecule has 2 aromatic rings. The molecule has 0 bridgehead atoms. The van der Waals surface area contributed by atoms with Gasteiger partial charge < -0.3 is 0 Å². The van der Waals surface area contributed by atoms with E-state index in [1.807, 2.05) is 41.8 Å². The van der Waals surface area contributed by atoms with Crippen LogP contribution in [0.5, 0.6) is 0 Å². The Morgan fingerprint density at radius 2 is 1.80 bits per heavy atom. The molecule has 15 heavy (non-hydrogen) atoms. The lowest BCUT2D eigenvalue weighted by Gasteiger charge is -1.94. The molecule has 0 saturated carbocycles. The second-order valence-corrected chi connectivity index (χ2v) is 4.03. The average molecular weight is 218 g/mol. The maximum absolute atomic E-state index is 11.1. The van der Waals surface area contributed by atoms with Crippen LogP contribution in [-0.4, -0.2) is 5.78 Å². The minimum atomic E-state index is 0. The summed E-state index contributed by atoms with van der Waals surface area (Å²) in [5.41, 5.74) is 2.29. The fourth-order valence-corrected chi connectivity index (χ4v) is 2.12. The van der Waals surface area contributed by atoms with Crippen LogP contribution in [0.2, 0.25) is 0 Å². The first kappa shape index (κ1) is 11.7. The molecule has 2 rings (SSSR count). The van der Waals surface area contributed by atoms with Gasteiger partial charge in [0.05, 0.1) is 4.88 Å². The monoisotopic (exact) mass is 218 g/mol. The molecule has 0 N–H and O–H groups in total. The van der Waals surface area contributed by atoms with E-state index in [-0.39, 0.29) is 13.2 Å². The van der Waals surface area contributed by atoms with E-state index >= 15 is 0 Å². The zero-order chi connectivity index (χ0) is 9.97. The van der Waals surface area contributed by atoms with E-state index < -0.39 is 0 Å². The Labute approximate surface area is 94.4 Å². The van der Waals surface area contributed by atoms with Crippen molar-refractivity contribution in [1.82, 2.24) is 0 Å². The van der Waals surface area contributed by atoms with Crippen molar-refractivity contribution < 1.29 is 4.79 Å². The zero-order valence-corrected chi connectivity index (χ0v) is 8.67. The molecule has 1 aromatic heterocycles. The summed E-state index contributed by atoms with van der Waals surface area (Å²) in [5.74, 6) is 0.136. The highest BCUT2D eigenvalue weighted by Gasteiger charge is 2.04. The predicted molar refractivity (Wildman–Crippen MR) is 66.5 cm³/mol. The van der Waals surface area contributed by atoms with Crippen molar-refractivity contribution in [3.05, 3.63) is 46.7 Å². The van der Waals surface area contributed by atoms with Gasteiger partial charge in [0.1, 0.15) is 0 Å². The molecule has 0 aliphatic rings. The van der Waals surface area contributed by atoms with Gasteiger partial charge in [0.15, 0.2) is 5.78 Å². The molecule has 0 aliphatic heterocycles. The first-order valence-corrected chi connectivity index (χ1v) is 5.30. The van der Waals surface area contributed by atoms with Gasteiger partial charge in [-0.3, -0.25) is 4.79 Å². The molecule has 1 aromatic carbocycles. The van der Waals surface area contributed by atoms with Crippen LogP contribution >= 0.6 is 11.3 Å². The Bertz CT molecular complexity index is 443. The van der Waals surface area contributed by atoms with Gasteiger partial charge in [-0.25, -0.2) is 0 Å². The molecule has 0 unspecified atom stereocenters. The Morgan fingerprint density at radius 1 is 1.13 bits per heavy atom. The third kappa shape index (κ3) is 2.54. The highest BCUT2D eigenvalue weighted by Crippen LogP contribution is 2.25. The van der Waals surface area contributed by atoms with Gasteiger partial charge >= 0.3 is 0 Å². The van der Waals surface area contributed by atoms with E-state index in [1.165, 1.54) is 11.3 Å². The number of rotatable bonds is 2. The fraction of sp³-hybridized carbons (Fsp3) is 0.154. The van der Waals surface area contributed by atoms with Crippen molar-refractivity contribution in [1.29, 1.82) is 0 Å². The topological polar surface area (TPSA) is 17.1 Å². The lowest BCUT2D eigenvalue weighted by atomic mass is 10.1. The average Bonchev–Trinajstić information content (AvgIpc) is 2.68. The summed E-state index contributed by atoms with van der Waals surface area (Å²) in [6, 6.07) is 12.0.